The van der Waals surface area contributed by atoms with Crippen molar-refractivity contribution in [1.29, 1.82) is 0 Å². The van der Waals surface area contributed by atoms with Gasteiger partial charge in [-0.05, 0) is 44.1 Å². The Morgan fingerprint density at radius 2 is 1.85 bits per heavy atom. The lowest BCUT2D eigenvalue weighted by atomic mass is 9.92. The molecule has 0 aliphatic carbocycles. The van der Waals surface area contributed by atoms with Crippen LogP contribution in [0.25, 0.3) is 0 Å². The molecule has 0 unspecified atom stereocenters. The maximum atomic E-state index is 13.3. The lowest BCUT2D eigenvalue weighted by molar-refractivity contribution is -0.151. The monoisotopic (exact) mass is 481 g/mol. The van der Waals surface area contributed by atoms with Crippen molar-refractivity contribution in [3.63, 3.8) is 0 Å². The topological polar surface area (TPSA) is 144 Å². The molecule has 0 aromatic heterocycles. The van der Waals surface area contributed by atoms with Crippen molar-refractivity contribution in [3.05, 3.63) is 35.9 Å². The maximum absolute atomic E-state index is 13.3. The molecule has 11 heteroatoms. The maximum Gasteiger partial charge on any atom is 0.326 e. The van der Waals surface area contributed by atoms with E-state index in [-0.39, 0.29) is 25.3 Å². The second-order valence-corrected chi connectivity index (χ2v) is 10.9. The van der Waals surface area contributed by atoms with Crippen LogP contribution in [0.5, 0.6) is 0 Å². The second kappa shape index (κ2) is 10.2. The van der Waals surface area contributed by atoms with Crippen molar-refractivity contribution < 1.29 is 33.0 Å². The number of carboxylic acid groups (broad SMARTS) is 2. The summed E-state index contributed by atoms with van der Waals surface area (Å²) in [5.41, 5.74) is 0.973. The van der Waals surface area contributed by atoms with E-state index in [2.05, 4.69) is 5.32 Å². The zero-order valence-corrected chi connectivity index (χ0v) is 19.6. The largest absolute Gasteiger partial charge is 0.480 e. The number of rotatable bonds is 9. The summed E-state index contributed by atoms with van der Waals surface area (Å²) in [5.74, 6) is -2.89. The first-order valence-corrected chi connectivity index (χ1v) is 12.9. The number of sulfonamides is 1. The molecule has 3 rings (SSSR count). The predicted molar refractivity (Wildman–Crippen MR) is 120 cm³/mol. The molecule has 0 saturated carbocycles. The van der Waals surface area contributed by atoms with Crippen LogP contribution in [-0.2, 0) is 30.8 Å². The second-order valence-electron chi connectivity index (χ2n) is 8.88. The van der Waals surface area contributed by atoms with E-state index in [1.165, 1.54) is 16.1 Å². The van der Waals surface area contributed by atoms with E-state index in [1.807, 2.05) is 30.3 Å². The van der Waals surface area contributed by atoms with Gasteiger partial charge in [0.2, 0.25) is 15.9 Å². The number of aliphatic carboxylic acids is 2. The number of amides is 1. The van der Waals surface area contributed by atoms with Gasteiger partial charge >= 0.3 is 11.9 Å². The summed E-state index contributed by atoms with van der Waals surface area (Å²) in [7, 11) is -3.48. The van der Waals surface area contributed by atoms with Crippen LogP contribution in [0, 0.1) is 5.92 Å². The molecular weight excluding hydrogens is 450 g/mol. The highest BCUT2D eigenvalue weighted by Gasteiger charge is 2.50. The molecule has 1 aromatic rings. The SMILES string of the molecule is C[C@H](N[C@H](CCc1ccccc1)C(=O)O)C(=O)N1[C@@H]2CN(S(C)(=O)=O)CC[C@H]2C[C@H]1C(=O)O. The number of piperidine rings is 1. The van der Waals surface area contributed by atoms with Crippen LogP contribution in [-0.4, -0.2) is 89.2 Å². The van der Waals surface area contributed by atoms with E-state index in [9.17, 15) is 33.0 Å². The molecule has 3 N–H and O–H groups in total. The molecule has 33 heavy (non-hydrogen) atoms. The van der Waals surface area contributed by atoms with Crippen molar-refractivity contribution in [1.82, 2.24) is 14.5 Å². The molecular formula is C22H31N3O7S. The Morgan fingerprint density at radius 1 is 1.18 bits per heavy atom. The first-order chi connectivity index (χ1) is 15.5. The Labute approximate surface area is 193 Å². The number of hydrogen-bond donors (Lipinski definition) is 3. The summed E-state index contributed by atoms with van der Waals surface area (Å²) in [6.07, 6.45) is 2.58. The summed E-state index contributed by atoms with van der Waals surface area (Å²) in [5, 5.41) is 22.2. The van der Waals surface area contributed by atoms with E-state index < -0.39 is 52.0 Å². The van der Waals surface area contributed by atoms with Crippen LogP contribution in [0.4, 0.5) is 0 Å². The molecule has 2 saturated heterocycles. The third-order valence-corrected chi connectivity index (χ3v) is 7.87. The van der Waals surface area contributed by atoms with Gasteiger partial charge in [0.05, 0.1) is 12.3 Å². The van der Waals surface area contributed by atoms with E-state index >= 15 is 0 Å². The van der Waals surface area contributed by atoms with Crippen LogP contribution in [0.15, 0.2) is 30.3 Å². The van der Waals surface area contributed by atoms with Gasteiger partial charge in [0.25, 0.3) is 0 Å². The number of nitrogens with one attached hydrogen (secondary N) is 1. The molecule has 0 spiro atoms. The molecule has 10 nitrogen and oxygen atoms in total. The van der Waals surface area contributed by atoms with Gasteiger partial charge < -0.3 is 15.1 Å². The number of hydrogen-bond acceptors (Lipinski definition) is 6. The molecule has 1 amide bonds. The normalized spacial score (nSPS) is 25.3. The molecule has 2 fully saturated rings. The lowest BCUT2D eigenvalue weighted by Gasteiger charge is -2.38. The van der Waals surface area contributed by atoms with E-state index in [0.717, 1.165) is 11.8 Å². The van der Waals surface area contributed by atoms with Crippen molar-refractivity contribution in [3.8, 4) is 0 Å². The third-order valence-electron chi connectivity index (χ3n) is 6.60. The van der Waals surface area contributed by atoms with Gasteiger partial charge in [0.1, 0.15) is 12.1 Å². The smallest absolute Gasteiger partial charge is 0.326 e. The first-order valence-electron chi connectivity index (χ1n) is 11.0. The molecule has 0 radical (unpaired) electrons. The fourth-order valence-electron chi connectivity index (χ4n) is 4.84. The summed E-state index contributed by atoms with van der Waals surface area (Å²) >= 11 is 0. The predicted octanol–water partition coefficient (Wildman–Crippen LogP) is 0.386. The Morgan fingerprint density at radius 3 is 2.42 bits per heavy atom. The zero-order valence-electron chi connectivity index (χ0n) is 18.8. The number of aryl methyl sites for hydroxylation is 1. The van der Waals surface area contributed by atoms with E-state index in [0.29, 0.717) is 19.4 Å². The van der Waals surface area contributed by atoms with Crippen molar-refractivity contribution in [2.45, 2.75) is 56.8 Å². The average Bonchev–Trinajstić information content (AvgIpc) is 3.15. The van der Waals surface area contributed by atoms with Crippen molar-refractivity contribution >= 4 is 27.9 Å². The average molecular weight is 482 g/mol. The highest BCUT2D eigenvalue weighted by atomic mass is 32.2. The van der Waals surface area contributed by atoms with Crippen LogP contribution in [0.3, 0.4) is 0 Å². The fraction of sp³-hybridized carbons (Fsp3) is 0.591. The van der Waals surface area contributed by atoms with Gasteiger partial charge in [-0.1, -0.05) is 30.3 Å². The molecule has 0 bridgehead atoms. The Kier molecular flexibility index (Phi) is 7.76. The number of carbonyl (C=O) groups is 3. The van der Waals surface area contributed by atoms with Crippen molar-refractivity contribution in [2.75, 3.05) is 19.3 Å². The van der Waals surface area contributed by atoms with Crippen LogP contribution < -0.4 is 5.32 Å². The zero-order chi connectivity index (χ0) is 24.3. The molecule has 2 aliphatic heterocycles. The highest BCUT2D eigenvalue weighted by molar-refractivity contribution is 7.88. The van der Waals surface area contributed by atoms with Crippen LogP contribution in [0.2, 0.25) is 0 Å². The van der Waals surface area contributed by atoms with Gasteiger partial charge in [-0.2, -0.15) is 0 Å². The summed E-state index contributed by atoms with van der Waals surface area (Å²) in [6.45, 7) is 1.86. The van der Waals surface area contributed by atoms with Gasteiger partial charge in [-0.15, -0.1) is 0 Å². The number of benzene rings is 1. The van der Waals surface area contributed by atoms with Gasteiger partial charge in [-0.25, -0.2) is 17.5 Å². The Hall–Kier alpha value is -2.50. The first kappa shape index (κ1) is 25.1. The minimum atomic E-state index is -3.48. The third kappa shape index (κ3) is 5.90. The number of carboxylic acids is 2. The molecule has 2 aliphatic rings. The number of nitrogens with zero attached hydrogens (tertiary/aromatic N) is 2. The Balaban J connectivity index is 1.73. The molecule has 5 atom stereocenters. The van der Waals surface area contributed by atoms with Crippen LogP contribution >= 0.6 is 0 Å². The fourth-order valence-corrected chi connectivity index (χ4v) is 5.70. The lowest BCUT2D eigenvalue weighted by Crippen LogP contribution is -2.58. The molecule has 2 heterocycles. The minimum Gasteiger partial charge on any atom is -0.480 e. The minimum absolute atomic E-state index is 0.0438. The highest BCUT2D eigenvalue weighted by Crippen LogP contribution is 2.37. The summed E-state index contributed by atoms with van der Waals surface area (Å²) in [4.78, 5) is 38.3. The summed E-state index contributed by atoms with van der Waals surface area (Å²) < 4.78 is 25.4. The van der Waals surface area contributed by atoms with Gasteiger partial charge in [0.15, 0.2) is 0 Å². The van der Waals surface area contributed by atoms with E-state index in [1.54, 1.807) is 0 Å². The number of likely N-dealkylation sites (tertiary alicyclic amines) is 1. The Bertz CT molecular complexity index is 985. The number of fused-ring (bicyclic) bond motifs is 1. The van der Waals surface area contributed by atoms with Gasteiger partial charge in [0, 0.05) is 19.1 Å². The van der Waals surface area contributed by atoms with Crippen LogP contribution in [0.1, 0.15) is 31.7 Å². The van der Waals surface area contributed by atoms with Crippen molar-refractivity contribution in [2.24, 2.45) is 5.92 Å². The molecule has 1 aromatic carbocycles. The number of carbonyl (C=O) groups excluding carboxylic acids is 1. The molecule has 182 valence electrons. The summed E-state index contributed by atoms with van der Waals surface area (Å²) in [6, 6.07) is 5.83. The standard InChI is InChI=1S/C22H31N3O7S/c1-14(23-17(21(27)28)9-8-15-6-4-3-5-7-15)20(26)25-18(22(29)30)12-16-10-11-24(13-19(16)25)33(2,31)32/h3-7,14,16-19,23H,8-13H2,1-2H3,(H,27,28)(H,29,30)/t14-,16-,17+,18-,19+/m0/s1. The quantitative estimate of drug-likeness (QED) is 0.459. The van der Waals surface area contributed by atoms with Gasteiger partial charge in [-0.3, -0.25) is 14.9 Å². The van der Waals surface area contributed by atoms with E-state index in [4.69, 9.17) is 0 Å².